The molecule has 0 unspecified atom stereocenters. The Morgan fingerprint density at radius 2 is 2.00 bits per heavy atom. The Morgan fingerprint density at radius 1 is 1.24 bits per heavy atom. The van der Waals surface area contributed by atoms with Crippen molar-refractivity contribution in [1.29, 1.82) is 0 Å². The van der Waals surface area contributed by atoms with Crippen LogP contribution in [0.5, 0.6) is 5.75 Å². The number of hydrogen-bond donors (Lipinski definition) is 1. The summed E-state index contributed by atoms with van der Waals surface area (Å²) in [6, 6.07) is 6.46. The van der Waals surface area contributed by atoms with Crippen molar-refractivity contribution >= 4 is 0 Å². The molecular weight excluding hydrogens is 269 g/mol. The Hall–Kier alpha value is -1.81. The van der Waals surface area contributed by atoms with Gasteiger partial charge < -0.3 is 14.5 Å². The largest absolute Gasteiger partial charge is 0.485 e. The van der Waals surface area contributed by atoms with Crippen LogP contribution in [-0.2, 0) is 13.2 Å². The second kappa shape index (κ2) is 6.31. The number of rotatable bonds is 5. The van der Waals surface area contributed by atoms with Crippen LogP contribution in [0, 0.1) is 12.7 Å². The molecule has 0 aliphatic heterocycles. The maximum atomic E-state index is 13.2. The van der Waals surface area contributed by atoms with Gasteiger partial charge in [0.2, 0.25) is 0 Å². The SMILES string of the molecule is Cc1ccc(F)cc1OCc1cc(CNC(C)(C)C)co1. The molecule has 2 aromatic rings. The van der Waals surface area contributed by atoms with Crippen molar-refractivity contribution in [3.05, 3.63) is 53.2 Å². The van der Waals surface area contributed by atoms with Crippen LogP contribution in [0.25, 0.3) is 0 Å². The van der Waals surface area contributed by atoms with Gasteiger partial charge in [0.1, 0.15) is 23.9 Å². The fourth-order valence-corrected chi connectivity index (χ4v) is 1.84. The second-order valence-corrected chi connectivity index (χ2v) is 6.22. The Bertz CT molecular complexity index is 599. The van der Waals surface area contributed by atoms with Crippen molar-refractivity contribution in [2.75, 3.05) is 0 Å². The van der Waals surface area contributed by atoms with Crippen molar-refractivity contribution in [2.45, 2.75) is 46.4 Å². The van der Waals surface area contributed by atoms with E-state index in [9.17, 15) is 4.39 Å². The fraction of sp³-hybridized carbons (Fsp3) is 0.412. The summed E-state index contributed by atoms with van der Waals surface area (Å²) in [5.74, 6) is 0.968. The first kappa shape index (κ1) is 15.6. The van der Waals surface area contributed by atoms with E-state index in [-0.39, 0.29) is 11.4 Å². The van der Waals surface area contributed by atoms with Crippen molar-refractivity contribution in [2.24, 2.45) is 0 Å². The van der Waals surface area contributed by atoms with Gasteiger partial charge in [-0.15, -0.1) is 0 Å². The predicted octanol–water partition coefficient (Wildman–Crippen LogP) is 4.19. The number of halogens is 1. The highest BCUT2D eigenvalue weighted by atomic mass is 19.1. The monoisotopic (exact) mass is 291 g/mol. The van der Waals surface area contributed by atoms with Gasteiger partial charge in [-0.1, -0.05) is 6.07 Å². The Morgan fingerprint density at radius 3 is 2.71 bits per heavy atom. The molecule has 0 radical (unpaired) electrons. The molecular formula is C17H22FNO2. The molecule has 1 aromatic carbocycles. The highest BCUT2D eigenvalue weighted by molar-refractivity contribution is 5.32. The van der Waals surface area contributed by atoms with Crippen molar-refractivity contribution in [3.63, 3.8) is 0 Å². The molecule has 0 atom stereocenters. The minimum atomic E-state index is -0.301. The number of hydrogen-bond acceptors (Lipinski definition) is 3. The Kier molecular flexibility index (Phi) is 4.68. The van der Waals surface area contributed by atoms with Crippen LogP contribution < -0.4 is 10.1 Å². The van der Waals surface area contributed by atoms with Crippen LogP contribution >= 0.6 is 0 Å². The van der Waals surface area contributed by atoms with E-state index in [0.29, 0.717) is 12.4 Å². The topological polar surface area (TPSA) is 34.4 Å². The van der Waals surface area contributed by atoms with E-state index in [1.807, 2.05) is 13.0 Å². The summed E-state index contributed by atoms with van der Waals surface area (Å²) in [5, 5.41) is 3.39. The zero-order chi connectivity index (χ0) is 15.5. The lowest BCUT2D eigenvalue weighted by atomic mass is 10.1. The summed E-state index contributed by atoms with van der Waals surface area (Å²) in [6.45, 7) is 9.26. The van der Waals surface area contributed by atoms with Gasteiger partial charge in [-0.2, -0.15) is 0 Å². The third-order valence-corrected chi connectivity index (χ3v) is 3.05. The average Bonchev–Trinajstić information content (AvgIpc) is 2.85. The first-order valence-electron chi connectivity index (χ1n) is 7.04. The molecule has 0 fully saturated rings. The molecule has 1 heterocycles. The van der Waals surface area contributed by atoms with Gasteiger partial charge in [0.05, 0.1) is 6.26 Å². The molecule has 1 N–H and O–H groups in total. The molecule has 3 nitrogen and oxygen atoms in total. The molecule has 1 aromatic heterocycles. The highest BCUT2D eigenvalue weighted by Crippen LogP contribution is 2.20. The number of benzene rings is 1. The molecule has 0 aliphatic rings. The van der Waals surface area contributed by atoms with Crippen molar-refractivity contribution in [1.82, 2.24) is 5.32 Å². The van der Waals surface area contributed by atoms with E-state index in [1.165, 1.54) is 12.1 Å². The molecule has 0 saturated carbocycles. The molecule has 0 spiro atoms. The molecule has 114 valence electrons. The maximum absolute atomic E-state index is 13.2. The van der Waals surface area contributed by atoms with Gasteiger partial charge in [0.15, 0.2) is 0 Å². The van der Waals surface area contributed by atoms with Crippen LogP contribution in [0.4, 0.5) is 4.39 Å². The second-order valence-electron chi connectivity index (χ2n) is 6.22. The van der Waals surface area contributed by atoms with Gasteiger partial charge in [-0.3, -0.25) is 0 Å². The van der Waals surface area contributed by atoms with Crippen LogP contribution in [0.1, 0.15) is 37.7 Å². The lowest BCUT2D eigenvalue weighted by Crippen LogP contribution is -2.34. The summed E-state index contributed by atoms with van der Waals surface area (Å²) >= 11 is 0. The maximum Gasteiger partial charge on any atom is 0.146 e. The number of furan rings is 1. The molecule has 4 heteroatoms. The standard InChI is InChI=1S/C17H22FNO2/c1-12-5-6-14(18)8-16(12)21-11-15-7-13(10-20-15)9-19-17(2,3)4/h5-8,10,19H,9,11H2,1-4H3. The lowest BCUT2D eigenvalue weighted by molar-refractivity contribution is 0.267. The quantitative estimate of drug-likeness (QED) is 0.896. The third-order valence-electron chi connectivity index (χ3n) is 3.05. The first-order chi connectivity index (χ1) is 9.83. The molecule has 0 amide bonds. The van der Waals surface area contributed by atoms with Crippen LogP contribution in [0.2, 0.25) is 0 Å². The lowest BCUT2D eigenvalue weighted by Gasteiger charge is -2.19. The number of nitrogens with one attached hydrogen (secondary N) is 1. The first-order valence-corrected chi connectivity index (χ1v) is 7.04. The smallest absolute Gasteiger partial charge is 0.146 e. The molecule has 0 bridgehead atoms. The van der Waals surface area contributed by atoms with Crippen LogP contribution in [-0.4, -0.2) is 5.54 Å². The van der Waals surface area contributed by atoms with Gasteiger partial charge >= 0.3 is 0 Å². The van der Waals surface area contributed by atoms with Crippen LogP contribution in [0.15, 0.2) is 34.9 Å². The number of ether oxygens (including phenoxy) is 1. The summed E-state index contributed by atoms with van der Waals surface area (Å²) in [5.41, 5.74) is 2.03. The molecule has 0 saturated heterocycles. The predicted molar refractivity (Wildman–Crippen MR) is 80.8 cm³/mol. The van der Waals surface area contributed by atoms with Crippen molar-refractivity contribution in [3.8, 4) is 5.75 Å². The molecule has 21 heavy (non-hydrogen) atoms. The summed E-state index contributed by atoms with van der Waals surface area (Å²) in [6.07, 6.45) is 1.72. The highest BCUT2D eigenvalue weighted by Gasteiger charge is 2.10. The van der Waals surface area contributed by atoms with Gasteiger partial charge in [0.25, 0.3) is 0 Å². The van der Waals surface area contributed by atoms with Gasteiger partial charge in [0, 0.05) is 23.7 Å². The van der Waals surface area contributed by atoms with Crippen molar-refractivity contribution < 1.29 is 13.5 Å². The van der Waals surface area contributed by atoms with Crippen LogP contribution in [0.3, 0.4) is 0 Å². The normalized spacial score (nSPS) is 11.7. The van der Waals surface area contributed by atoms with E-state index in [0.717, 1.165) is 23.4 Å². The third kappa shape index (κ3) is 4.90. The zero-order valence-corrected chi connectivity index (χ0v) is 13.0. The summed E-state index contributed by atoms with van der Waals surface area (Å²) in [4.78, 5) is 0. The fourth-order valence-electron chi connectivity index (χ4n) is 1.84. The Balaban J connectivity index is 1.92. The minimum absolute atomic E-state index is 0.0621. The van der Waals surface area contributed by atoms with Gasteiger partial charge in [-0.05, 0) is 45.4 Å². The van der Waals surface area contributed by atoms with E-state index in [1.54, 1.807) is 12.3 Å². The molecule has 0 aliphatic carbocycles. The van der Waals surface area contributed by atoms with E-state index in [4.69, 9.17) is 9.15 Å². The summed E-state index contributed by atoms with van der Waals surface area (Å²) < 4.78 is 24.2. The number of aryl methyl sites for hydroxylation is 1. The average molecular weight is 291 g/mol. The van der Waals surface area contributed by atoms with E-state index in [2.05, 4.69) is 26.1 Å². The van der Waals surface area contributed by atoms with E-state index >= 15 is 0 Å². The summed E-state index contributed by atoms with van der Waals surface area (Å²) in [7, 11) is 0. The van der Waals surface area contributed by atoms with Gasteiger partial charge in [-0.25, -0.2) is 4.39 Å². The Labute approximate surface area is 125 Å². The minimum Gasteiger partial charge on any atom is -0.485 e. The van der Waals surface area contributed by atoms with E-state index < -0.39 is 0 Å². The zero-order valence-electron chi connectivity index (χ0n) is 13.0. The molecule has 2 rings (SSSR count).